The van der Waals surface area contributed by atoms with Gasteiger partial charge in [0.1, 0.15) is 35.5 Å². The molecule has 1 unspecified atom stereocenters. The molecule has 0 spiro atoms. The Hall–Kier alpha value is -3.44. The number of ether oxygens (including phenoxy) is 3. The van der Waals surface area contributed by atoms with Gasteiger partial charge in [-0.15, -0.1) is 0 Å². The van der Waals surface area contributed by atoms with Crippen molar-refractivity contribution in [2.45, 2.75) is 32.5 Å². The minimum absolute atomic E-state index is 0.0457. The Morgan fingerprint density at radius 1 is 1.36 bits per heavy atom. The first-order valence-electron chi connectivity index (χ1n) is 8.59. The largest absolute Gasteiger partial charge is 0.497 e. The van der Waals surface area contributed by atoms with Crippen molar-refractivity contribution >= 4 is 0 Å². The number of methoxy groups -OCH3 is 1. The number of rotatable bonds is 5. The Bertz CT molecular complexity index is 1030. The van der Waals surface area contributed by atoms with Crippen molar-refractivity contribution in [3.05, 3.63) is 63.0 Å². The van der Waals surface area contributed by atoms with Gasteiger partial charge in [-0.2, -0.15) is 5.26 Å². The smallest absolute Gasteiger partial charge is 0.228 e. The zero-order valence-electron chi connectivity index (χ0n) is 15.7. The molecule has 1 atom stereocenters. The van der Waals surface area contributed by atoms with Crippen LogP contribution >= 0.6 is 0 Å². The quantitative estimate of drug-likeness (QED) is 0.802. The van der Waals surface area contributed by atoms with E-state index in [4.69, 9.17) is 24.4 Å². The molecular formula is C20H20N2O6. The second-order valence-electron chi connectivity index (χ2n) is 6.42. The summed E-state index contributed by atoms with van der Waals surface area (Å²) in [6, 6.07) is 8.27. The fourth-order valence-corrected chi connectivity index (χ4v) is 3.01. The first kappa shape index (κ1) is 19.3. The molecule has 1 aromatic heterocycles. The van der Waals surface area contributed by atoms with Crippen LogP contribution in [-0.2, 0) is 6.61 Å². The molecule has 1 aliphatic rings. The van der Waals surface area contributed by atoms with Crippen LogP contribution in [0.25, 0.3) is 0 Å². The van der Waals surface area contributed by atoms with Crippen LogP contribution in [0.4, 0.5) is 0 Å². The summed E-state index contributed by atoms with van der Waals surface area (Å²) in [4.78, 5) is 12.4. The van der Waals surface area contributed by atoms with Gasteiger partial charge >= 0.3 is 0 Å². The molecule has 1 aromatic carbocycles. The molecular weight excluding hydrogens is 364 g/mol. The maximum atomic E-state index is 12.4. The summed E-state index contributed by atoms with van der Waals surface area (Å²) in [7, 11) is 1.51. The lowest BCUT2D eigenvalue weighted by molar-refractivity contribution is 0.228. The molecule has 2 heterocycles. The van der Waals surface area contributed by atoms with Crippen molar-refractivity contribution in [2.24, 2.45) is 5.73 Å². The number of benzene rings is 1. The summed E-state index contributed by atoms with van der Waals surface area (Å²) >= 11 is 0. The summed E-state index contributed by atoms with van der Waals surface area (Å²) < 4.78 is 22.3. The zero-order valence-corrected chi connectivity index (χ0v) is 15.7. The molecule has 0 amide bonds. The van der Waals surface area contributed by atoms with E-state index in [1.807, 2.05) is 19.9 Å². The van der Waals surface area contributed by atoms with E-state index in [0.717, 1.165) is 6.07 Å². The van der Waals surface area contributed by atoms with Crippen LogP contribution in [0.1, 0.15) is 36.8 Å². The maximum Gasteiger partial charge on any atom is 0.228 e. The summed E-state index contributed by atoms with van der Waals surface area (Å²) in [5.74, 6) is -0.0633. The highest BCUT2D eigenvalue weighted by Gasteiger charge is 2.37. The van der Waals surface area contributed by atoms with E-state index >= 15 is 0 Å². The second-order valence-corrected chi connectivity index (χ2v) is 6.42. The summed E-state index contributed by atoms with van der Waals surface area (Å²) in [6.45, 7) is 3.25. The molecule has 0 saturated heterocycles. The van der Waals surface area contributed by atoms with E-state index in [2.05, 4.69) is 0 Å². The Morgan fingerprint density at radius 2 is 2.11 bits per heavy atom. The Balaban J connectivity index is 2.33. The van der Waals surface area contributed by atoms with E-state index in [0.29, 0.717) is 17.1 Å². The summed E-state index contributed by atoms with van der Waals surface area (Å²) in [5, 5.41) is 19.1. The highest BCUT2D eigenvalue weighted by atomic mass is 16.5. The van der Waals surface area contributed by atoms with E-state index < -0.39 is 18.0 Å². The lowest BCUT2D eigenvalue weighted by Crippen LogP contribution is -2.26. The van der Waals surface area contributed by atoms with Crippen molar-refractivity contribution in [1.29, 1.82) is 5.26 Å². The zero-order chi connectivity index (χ0) is 20.4. The average Bonchev–Trinajstić information content (AvgIpc) is 2.67. The highest BCUT2D eigenvalue weighted by molar-refractivity contribution is 5.57. The predicted molar refractivity (Wildman–Crippen MR) is 99.0 cm³/mol. The number of allylic oxidation sites excluding steroid dienone is 1. The first-order valence-corrected chi connectivity index (χ1v) is 8.59. The normalized spacial score (nSPS) is 15.6. The molecule has 0 bridgehead atoms. The Morgan fingerprint density at radius 3 is 2.71 bits per heavy atom. The number of hydrogen-bond acceptors (Lipinski definition) is 8. The third-order valence-electron chi connectivity index (χ3n) is 4.18. The first-order chi connectivity index (χ1) is 13.4. The molecule has 1 aliphatic heterocycles. The number of fused-ring (bicyclic) bond motifs is 1. The summed E-state index contributed by atoms with van der Waals surface area (Å²) in [6.07, 6.45) is -0.144. The molecule has 3 rings (SSSR count). The molecule has 146 valence electrons. The van der Waals surface area contributed by atoms with Gasteiger partial charge in [-0.1, -0.05) is 0 Å². The van der Waals surface area contributed by atoms with Crippen molar-refractivity contribution in [2.75, 3.05) is 7.11 Å². The van der Waals surface area contributed by atoms with Gasteiger partial charge in [-0.25, -0.2) is 0 Å². The molecule has 28 heavy (non-hydrogen) atoms. The SMILES string of the molecule is COc1ccc(OC(C)C)c(C2C(C#N)=C(N)Oc3c2oc(CO)cc3=O)c1. The van der Waals surface area contributed by atoms with Crippen molar-refractivity contribution in [1.82, 2.24) is 0 Å². The molecule has 8 heteroatoms. The summed E-state index contributed by atoms with van der Waals surface area (Å²) in [5.41, 5.74) is 6.00. The predicted octanol–water partition coefficient (Wildman–Crippen LogP) is 2.15. The van der Waals surface area contributed by atoms with Gasteiger partial charge in [-0.05, 0) is 32.0 Å². The third kappa shape index (κ3) is 3.40. The lowest BCUT2D eigenvalue weighted by Gasteiger charge is -2.27. The maximum absolute atomic E-state index is 12.4. The Labute approximate surface area is 161 Å². The third-order valence-corrected chi connectivity index (χ3v) is 4.18. The van der Waals surface area contributed by atoms with Gasteiger partial charge < -0.3 is 29.5 Å². The Kier molecular flexibility index (Phi) is 5.29. The minimum Gasteiger partial charge on any atom is -0.497 e. The standard InChI is InChI=1S/C20H20N2O6/c1-10(2)26-16-5-4-11(25-3)6-13(16)17-14(8-21)20(22)28-18-15(24)7-12(9-23)27-19(17)18/h4-7,10,17,23H,9,22H2,1-3H3. The number of aliphatic hydroxyl groups is 1. The molecule has 0 aliphatic carbocycles. The van der Waals surface area contributed by atoms with Crippen LogP contribution in [0.15, 0.2) is 44.9 Å². The minimum atomic E-state index is -0.864. The highest BCUT2D eigenvalue weighted by Crippen LogP contribution is 2.45. The molecule has 0 radical (unpaired) electrons. The lowest BCUT2D eigenvalue weighted by atomic mass is 9.86. The van der Waals surface area contributed by atoms with Crippen LogP contribution in [0, 0.1) is 11.3 Å². The van der Waals surface area contributed by atoms with E-state index in [-0.39, 0.29) is 34.8 Å². The average molecular weight is 384 g/mol. The van der Waals surface area contributed by atoms with Gasteiger partial charge in [0, 0.05) is 11.6 Å². The van der Waals surface area contributed by atoms with E-state index in [1.165, 1.54) is 7.11 Å². The second kappa shape index (κ2) is 7.66. The van der Waals surface area contributed by atoms with Crippen LogP contribution in [0.2, 0.25) is 0 Å². The van der Waals surface area contributed by atoms with Crippen molar-refractivity contribution in [3.8, 4) is 23.3 Å². The topological polar surface area (TPSA) is 128 Å². The van der Waals surface area contributed by atoms with Crippen molar-refractivity contribution in [3.63, 3.8) is 0 Å². The van der Waals surface area contributed by atoms with Crippen LogP contribution < -0.4 is 25.4 Å². The van der Waals surface area contributed by atoms with Gasteiger partial charge in [0.25, 0.3) is 0 Å². The van der Waals surface area contributed by atoms with Gasteiger partial charge in [0.05, 0.1) is 19.1 Å². The number of hydrogen-bond donors (Lipinski definition) is 2. The van der Waals surface area contributed by atoms with Crippen LogP contribution in [0.5, 0.6) is 17.2 Å². The van der Waals surface area contributed by atoms with Crippen LogP contribution in [-0.4, -0.2) is 18.3 Å². The van der Waals surface area contributed by atoms with E-state index in [9.17, 15) is 15.2 Å². The fourth-order valence-electron chi connectivity index (χ4n) is 3.01. The number of nitrogens with two attached hydrogens (primary N) is 1. The number of aliphatic hydroxyl groups excluding tert-OH is 1. The number of nitriles is 1. The molecule has 2 aromatic rings. The number of nitrogens with zero attached hydrogens (tertiary/aromatic N) is 1. The molecule has 0 fully saturated rings. The molecule has 0 saturated carbocycles. The fraction of sp³-hybridized carbons (Fsp3) is 0.300. The van der Waals surface area contributed by atoms with Gasteiger partial charge in [0.2, 0.25) is 17.1 Å². The van der Waals surface area contributed by atoms with Crippen LogP contribution in [0.3, 0.4) is 0 Å². The van der Waals surface area contributed by atoms with E-state index in [1.54, 1.807) is 18.2 Å². The molecule has 8 nitrogen and oxygen atoms in total. The van der Waals surface area contributed by atoms with Gasteiger partial charge in [0.15, 0.2) is 5.76 Å². The monoisotopic (exact) mass is 384 g/mol. The molecule has 3 N–H and O–H groups in total. The van der Waals surface area contributed by atoms with Crippen molar-refractivity contribution < 1.29 is 23.7 Å². The van der Waals surface area contributed by atoms with Gasteiger partial charge in [-0.3, -0.25) is 4.79 Å².